The summed E-state index contributed by atoms with van der Waals surface area (Å²) in [4.78, 5) is 15.5. The number of unbranched alkanes of at least 4 members (excludes halogenated alkanes) is 1. The third-order valence-electron chi connectivity index (χ3n) is 2.39. The van der Waals surface area contributed by atoms with Crippen molar-refractivity contribution in [2.45, 2.75) is 45.6 Å². The highest BCUT2D eigenvalue weighted by Crippen LogP contribution is 2.02. The lowest BCUT2D eigenvalue weighted by Gasteiger charge is -2.20. The second-order valence-electron chi connectivity index (χ2n) is 5.45. The zero-order chi connectivity index (χ0) is 13.4. The highest BCUT2D eigenvalue weighted by molar-refractivity contribution is 5.74. The van der Waals surface area contributed by atoms with E-state index in [2.05, 4.69) is 21.7 Å². The summed E-state index contributed by atoms with van der Waals surface area (Å²) in [5.74, 6) is 0. The first-order valence-electron chi connectivity index (χ1n) is 6.42. The van der Waals surface area contributed by atoms with Gasteiger partial charge in [-0.2, -0.15) is 0 Å². The second kappa shape index (κ2) is 6.99. The average Bonchev–Trinajstić information content (AvgIpc) is 2.27. The summed E-state index contributed by atoms with van der Waals surface area (Å²) >= 11 is 0. The lowest BCUT2D eigenvalue weighted by molar-refractivity contribution is 0.232. The van der Waals surface area contributed by atoms with Gasteiger partial charge in [0.25, 0.3) is 0 Å². The molecule has 1 rings (SSSR count). The fourth-order valence-electron chi connectivity index (χ4n) is 1.59. The van der Waals surface area contributed by atoms with Crippen molar-refractivity contribution in [1.29, 1.82) is 0 Å². The Morgan fingerprint density at radius 1 is 1.33 bits per heavy atom. The van der Waals surface area contributed by atoms with Crippen LogP contribution in [0.5, 0.6) is 0 Å². The van der Waals surface area contributed by atoms with Crippen molar-refractivity contribution < 1.29 is 4.79 Å². The van der Waals surface area contributed by atoms with Crippen LogP contribution in [-0.2, 0) is 6.42 Å². The van der Waals surface area contributed by atoms with Crippen LogP contribution in [0.15, 0.2) is 24.5 Å². The molecule has 1 heterocycles. The van der Waals surface area contributed by atoms with Crippen molar-refractivity contribution in [3.8, 4) is 0 Å². The fraction of sp³-hybridized carbons (Fsp3) is 0.571. The number of hydrogen-bond donors (Lipinski definition) is 2. The zero-order valence-electron chi connectivity index (χ0n) is 11.5. The highest BCUT2D eigenvalue weighted by Gasteiger charge is 2.12. The van der Waals surface area contributed by atoms with Gasteiger partial charge in [-0.15, -0.1) is 0 Å². The Hall–Kier alpha value is -1.58. The fourth-order valence-corrected chi connectivity index (χ4v) is 1.59. The predicted octanol–water partition coefficient (Wildman–Crippen LogP) is 2.50. The van der Waals surface area contributed by atoms with Crippen LogP contribution in [0.25, 0.3) is 0 Å². The van der Waals surface area contributed by atoms with Gasteiger partial charge in [-0.25, -0.2) is 4.79 Å². The average molecular weight is 249 g/mol. The minimum Gasteiger partial charge on any atom is -0.338 e. The largest absolute Gasteiger partial charge is 0.338 e. The molecule has 1 aromatic rings. The summed E-state index contributed by atoms with van der Waals surface area (Å²) in [6, 6.07) is 3.93. The number of carbonyl (C=O) groups excluding carboxylic acids is 1. The summed E-state index contributed by atoms with van der Waals surface area (Å²) in [6.45, 7) is 6.61. The van der Waals surface area contributed by atoms with Crippen molar-refractivity contribution in [2.75, 3.05) is 6.54 Å². The monoisotopic (exact) mass is 249 g/mol. The van der Waals surface area contributed by atoms with Crippen LogP contribution < -0.4 is 10.6 Å². The Kier molecular flexibility index (Phi) is 5.62. The molecule has 4 nitrogen and oxygen atoms in total. The van der Waals surface area contributed by atoms with E-state index in [1.165, 1.54) is 5.56 Å². The van der Waals surface area contributed by atoms with Gasteiger partial charge in [0.2, 0.25) is 0 Å². The Bertz CT molecular complexity index is 357. The molecule has 2 N–H and O–H groups in total. The van der Waals surface area contributed by atoms with E-state index in [-0.39, 0.29) is 11.6 Å². The number of carbonyl (C=O) groups is 1. The van der Waals surface area contributed by atoms with Crippen molar-refractivity contribution in [1.82, 2.24) is 15.6 Å². The van der Waals surface area contributed by atoms with E-state index in [9.17, 15) is 4.79 Å². The number of nitrogens with one attached hydrogen (secondary N) is 2. The molecule has 4 heteroatoms. The molecule has 0 radical (unpaired) electrons. The van der Waals surface area contributed by atoms with Crippen LogP contribution >= 0.6 is 0 Å². The van der Waals surface area contributed by atoms with Crippen molar-refractivity contribution in [2.24, 2.45) is 0 Å². The van der Waals surface area contributed by atoms with Crippen molar-refractivity contribution >= 4 is 6.03 Å². The third kappa shape index (κ3) is 6.89. The minimum absolute atomic E-state index is 0.0936. The molecule has 0 aliphatic rings. The maximum Gasteiger partial charge on any atom is 0.315 e. The van der Waals surface area contributed by atoms with Gasteiger partial charge >= 0.3 is 6.03 Å². The number of aromatic nitrogens is 1. The van der Waals surface area contributed by atoms with Crippen LogP contribution in [0.2, 0.25) is 0 Å². The number of aryl methyl sites for hydroxylation is 1. The van der Waals surface area contributed by atoms with Gasteiger partial charge in [-0.1, -0.05) is 6.07 Å². The molecular formula is C14H23N3O. The standard InChI is InChI=1S/C14H23N3O/c1-14(2,3)17-13(18)16-10-5-4-7-12-8-6-9-15-11-12/h6,8-9,11H,4-5,7,10H2,1-3H3,(H2,16,17,18). The first-order valence-corrected chi connectivity index (χ1v) is 6.42. The molecule has 0 bridgehead atoms. The molecule has 0 unspecified atom stereocenters. The predicted molar refractivity (Wildman–Crippen MR) is 73.5 cm³/mol. The van der Waals surface area contributed by atoms with E-state index in [4.69, 9.17) is 0 Å². The van der Waals surface area contributed by atoms with Gasteiger partial charge in [0.05, 0.1) is 0 Å². The van der Waals surface area contributed by atoms with Crippen molar-refractivity contribution in [3.63, 3.8) is 0 Å². The molecule has 0 spiro atoms. The van der Waals surface area contributed by atoms with E-state index >= 15 is 0 Å². The lowest BCUT2D eigenvalue weighted by atomic mass is 10.1. The Morgan fingerprint density at radius 3 is 2.72 bits per heavy atom. The Labute approximate surface area is 109 Å². The van der Waals surface area contributed by atoms with Crippen LogP contribution in [0.4, 0.5) is 4.79 Å². The zero-order valence-corrected chi connectivity index (χ0v) is 11.5. The number of nitrogens with zero attached hydrogens (tertiary/aromatic N) is 1. The summed E-state index contributed by atoms with van der Waals surface area (Å²) in [6.07, 6.45) is 6.71. The Morgan fingerprint density at radius 2 is 2.11 bits per heavy atom. The van der Waals surface area contributed by atoms with E-state index < -0.39 is 0 Å². The first kappa shape index (κ1) is 14.5. The maximum atomic E-state index is 11.5. The van der Waals surface area contributed by atoms with Gasteiger partial charge < -0.3 is 10.6 Å². The van der Waals surface area contributed by atoms with E-state index in [0.717, 1.165) is 19.3 Å². The van der Waals surface area contributed by atoms with Crippen LogP contribution in [0.3, 0.4) is 0 Å². The molecule has 100 valence electrons. The number of hydrogen-bond acceptors (Lipinski definition) is 2. The summed E-state index contributed by atoms with van der Waals surface area (Å²) < 4.78 is 0. The highest BCUT2D eigenvalue weighted by atomic mass is 16.2. The molecular weight excluding hydrogens is 226 g/mol. The molecule has 0 aliphatic heterocycles. The molecule has 0 saturated heterocycles. The number of rotatable bonds is 5. The summed E-state index contributed by atoms with van der Waals surface area (Å²) in [5.41, 5.74) is 1.07. The van der Waals surface area contributed by atoms with Gasteiger partial charge in [0, 0.05) is 24.5 Å². The van der Waals surface area contributed by atoms with Crippen LogP contribution in [0, 0.1) is 0 Å². The second-order valence-corrected chi connectivity index (χ2v) is 5.45. The normalized spacial score (nSPS) is 11.1. The third-order valence-corrected chi connectivity index (χ3v) is 2.39. The summed E-state index contributed by atoms with van der Waals surface area (Å²) in [7, 11) is 0. The van der Waals surface area contributed by atoms with Crippen molar-refractivity contribution in [3.05, 3.63) is 30.1 Å². The maximum absolute atomic E-state index is 11.5. The molecule has 2 amide bonds. The van der Waals surface area contributed by atoms with Crippen LogP contribution in [0.1, 0.15) is 39.2 Å². The van der Waals surface area contributed by atoms with Gasteiger partial charge in [0.1, 0.15) is 0 Å². The lowest BCUT2D eigenvalue weighted by Crippen LogP contribution is -2.46. The van der Waals surface area contributed by atoms with Gasteiger partial charge in [-0.3, -0.25) is 4.98 Å². The molecule has 0 fully saturated rings. The number of pyridine rings is 1. The number of urea groups is 1. The molecule has 18 heavy (non-hydrogen) atoms. The smallest absolute Gasteiger partial charge is 0.315 e. The van der Waals surface area contributed by atoms with Gasteiger partial charge in [-0.05, 0) is 51.7 Å². The summed E-state index contributed by atoms with van der Waals surface area (Å²) in [5, 5.41) is 5.73. The molecule has 1 aromatic heterocycles. The van der Waals surface area contributed by atoms with Gasteiger partial charge in [0.15, 0.2) is 0 Å². The topological polar surface area (TPSA) is 54.0 Å². The molecule has 0 atom stereocenters. The first-order chi connectivity index (χ1) is 8.47. The van der Waals surface area contributed by atoms with E-state index in [1.807, 2.05) is 33.0 Å². The molecule has 0 saturated carbocycles. The number of amides is 2. The SMILES string of the molecule is CC(C)(C)NC(=O)NCCCCc1cccnc1. The Balaban J connectivity index is 2.07. The van der Waals surface area contributed by atoms with Crippen LogP contribution in [-0.4, -0.2) is 23.1 Å². The molecule has 0 aromatic carbocycles. The van der Waals surface area contributed by atoms with E-state index in [0.29, 0.717) is 6.54 Å². The molecule has 0 aliphatic carbocycles. The quantitative estimate of drug-likeness (QED) is 0.788. The van der Waals surface area contributed by atoms with E-state index in [1.54, 1.807) is 6.20 Å². The minimum atomic E-state index is -0.181.